The van der Waals surface area contributed by atoms with Crippen molar-refractivity contribution in [1.82, 2.24) is 9.78 Å². The highest BCUT2D eigenvalue weighted by atomic mass is 16.5. The largest absolute Gasteiger partial charge is 0.497 e. The first kappa shape index (κ1) is 14.9. The van der Waals surface area contributed by atoms with Crippen molar-refractivity contribution in [2.24, 2.45) is 0 Å². The van der Waals surface area contributed by atoms with Crippen molar-refractivity contribution in [3.63, 3.8) is 0 Å². The minimum absolute atomic E-state index is 0.271. The van der Waals surface area contributed by atoms with E-state index in [-0.39, 0.29) is 5.91 Å². The van der Waals surface area contributed by atoms with Crippen LogP contribution in [0.25, 0.3) is 0 Å². The number of methoxy groups -OCH3 is 2. The van der Waals surface area contributed by atoms with Gasteiger partial charge in [0.05, 0.1) is 32.1 Å². The summed E-state index contributed by atoms with van der Waals surface area (Å²) >= 11 is 0. The maximum absolute atomic E-state index is 12.2. The van der Waals surface area contributed by atoms with E-state index < -0.39 is 0 Å². The fraction of sp³-hybridized carbons (Fsp3) is 0.286. The van der Waals surface area contributed by atoms with Crippen LogP contribution in [0.15, 0.2) is 30.6 Å². The van der Waals surface area contributed by atoms with Crippen molar-refractivity contribution in [3.8, 4) is 5.75 Å². The number of nitrogen functional groups attached to an aromatic ring is 1. The van der Waals surface area contributed by atoms with Gasteiger partial charge in [0.2, 0.25) is 0 Å². The van der Waals surface area contributed by atoms with Gasteiger partial charge in [-0.05, 0) is 12.1 Å². The lowest BCUT2D eigenvalue weighted by Crippen LogP contribution is -2.12. The molecule has 0 aliphatic heterocycles. The maximum atomic E-state index is 12.2. The van der Waals surface area contributed by atoms with Crippen molar-refractivity contribution in [2.75, 3.05) is 31.9 Å². The van der Waals surface area contributed by atoms with Crippen molar-refractivity contribution in [2.45, 2.75) is 6.54 Å². The normalized spacial score (nSPS) is 10.4. The van der Waals surface area contributed by atoms with E-state index in [4.69, 9.17) is 15.2 Å². The zero-order valence-corrected chi connectivity index (χ0v) is 12.0. The third-order valence-corrected chi connectivity index (χ3v) is 2.84. The molecule has 2 rings (SSSR count). The van der Waals surface area contributed by atoms with Crippen LogP contribution in [0, 0.1) is 0 Å². The average Bonchev–Trinajstić information content (AvgIpc) is 2.91. The number of nitrogens with zero attached hydrogens (tertiary/aromatic N) is 2. The number of rotatable bonds is 6. The molecule has 1 aromatic carbocycles. The number of amides is 1. The molecule has 0 saturated heterocycles. The number of carbonyl (C=O) groups is 1. The Morgan fingerprint density at radius 2 is 2.19 bits per heavy atom. The monoisotopic (exact) mass is 290 g/mol. The van der Waals surface area contributed by atoms with Crippen LogP contribution in [0.4, 0.5) is 11.4 Å². The number of hydrogen-bond donors (Lipinski definition) is 2. The molecule has 2 aromatic rings. The Morgan fingerprint density at radius 1 is 1.38 bits per heavy atom. The van der Waals surface area contributed by atoms with E-state index in [0.717, 1.165) is 0 Å². The lowest BCUT2D eigenvalue weighted by atomic mass is 10.1. The summed E-state index contributed by atoms with van der Waals surface area (Å²) in [6, 6.07) is 4.87. The molecule has 3 N–H and O–H groups in total. The molecular weight excluding hydrogens is 272 g/mol. The summed E-state index contributed by atoms with van der Waals surface area (Å²) in [5.74, 6) is 0.267. The molecule has 21 heavy (non-hydrogen) atoms. The molecule has 0 aliphatic rings. The summed E-state index contributed by atoms with van der Waals surface area (Å²) in [5.41, 5.74) is 7.24. The van der Waals surface area contributed by atoms with Crippen molar-refractivity contribution >= 4 is 17.3 Å². The molecule has 0 aliphatic carbocycles. The molecule has 0 spiro atoms. The van der Waals surface area contributed by atoms with Crippen LogP contribution < -0.4 is 15.8 Å². The molecule has 0 saturated carbocycles. The smallest absolute Gasteiger partial charge is 0.255 e. The predicted octanol–water partition coefficient (Wildman–Crippen LogP) is 1.37. The zero-order valence-electron chi connectivity index (χ0n) is 12.0. The number of aromatic nitrogens is 2. The Morgan fingerprint density at radius 3 is 2.90 bits per heavy atom. The fourth-order valence-corrected chi connectivity index (χ4v) is 1.81. The molecule has 0 unspecified atom stereocenters. The number of nitrogens with two attached hydrogens (primary N) is 1. The Balaban J connectivity index is 2.07. The number of hydrogen-bond acceptors (Lipinski definition) is 5. The lowest BCUT2D eigenvalue weighted by Gasteiger charge is -2.06. The third-order valence-electron chi connectivity index (χ3n) is 2.84. The van der Waals surface area contributed by atoms with Gasteiger partial charge in [0.25, 0.3) is 5.91 Å². The van der Waals surface area contributed by atoms with Crippen LogP contribution in [0.3, 0.4) is 0 Å². The summed E-state index contributed by atoms with van der Waals surface area (Å²) in [7, 11) is 3.15. The molecule has 0 atom stereocenters. The first-order valence-electron chi connectivity index (χ1n) is 6.39. The van der Waals surface area contributed by atoms with Crippen LogP contribution in [-0.2, 0) is 11.3 Å². The van der Waals surface area contributed by atoms with Gasteiger partial charge < -0.3 is 20.5 Å². The molecule has 7 heteroatoms. The molecule has 1 aromatic heterocycles. The van der Waals surface area contributed by atoms with Crippen molar-refractivity contribution < 1.29 is 14.3 Å². The standard InChI is InChI=1S/C14H18N4O3/c1-20-4-3-18-9-12(8-16-18)17-14(19)10-5-11(15)7-13(6-10)21-2/h5-9H,3-4,15H2,1-2H3,(H,17,19). The number of anilines is 2. The van der Waals surface area contributed by atoms with Crippen LogP contribution in [0.2, 0.25) is 0 Å². The summed E-state index contributed by atoms with van der Waals surface area (Å²) in [5, 5.41) is 6.88. The minimum Gasteiger partial charge on any atom is -0.497 e. The lowest BCUT2D eigenvalue weighted by molar-refractivity contribution is 0.102. The highest BCUT2D eigenvalue weighted by Gasteiger charge is 2.10. The number of benzene rings is 1. The van der Waals surface area contributed by atoms with Crippen LogP contribution >= 0.6 is 0 Å². The summed E-state index contributed by atoms with van der Waals surface area (Å²) < 4.78 is 11.8. The van der Waals surface area contributed by atoms with Gasteiger partial charge in [0, 0.05) is 30.6 Å². The van der Waals surface area contributed by atoms with E-state index in [9.17, 15) is 4.79 Å². The van der Waals surface area contributed by atoms with Gasteiger partial charge in [-0.1, -0.05) is 0 Å². The molecule has 0 bridgehead atoms. The second-order valence-corrected chi connectivity index (χ2v) is 4.43. The second kappa shape index (κ2) is 6.76. The highest BCUT2D eigenvalue weighted by molar-refractivity contribution is 6.04. The van der Waals surface area contributed by atoms with Gasteiger partial charge in [-0.3, -0.25) is 9.48 Å². The Labute approximate surface area is 122 Å². The number of carbonyl (C=O) groups excluding carboxylic acids is 1. The van der Waals surface area contributed by atoms with Gasteiger partial charge >= 0.3 is 0 Å². The van der Waals surface area contributed by atoms with Gasteiger partial charge in [-0.25, -0.2) is 0 Å². The van der Waals surface area contributed by atoms with E-state index in [0.29, 0.717) is 35.8 Å². The molecule has 7 nitrogen and oxygen atoms in total. The van der Waals surface area contributed by atoms with E-state index in [2.05, 4.69) is 10.4 Å². The Kier molecular flexibility index (Phi) is 4.78. The first-order chi connectivity index (χ1) is 10.1. The van der Waals surface area contributed by atoms with Gasteiger partial charge in [0.1, 0.15) is 5.75 Å². The van der Waals surface area contributed by atoms with Crippen molar-refractivity contribution in [1.29, 1.82) is 0 Å². The number of ether oxygens (including phenoxy) is 2. The molecule has 112 valence electrons. The molecular formula is C14H18N4O3. The summed E-state index contributed by atoms with van der Waals surface area (Å²) in [6.45, 7) is 1.18. The number of nitrogens with one attached hydrogen (secondary N) is 1. The van der Waals surface area contributed by atoms with Crippen LogP contribution in [0.1, 0.15) is 10.4 Å². The van der Waals surface area contributed by atoms with E-state index in [1.807, 2.05) is 0 Å². The molecule has 0 fully saturated rings. The molecule has 1 amide bonds. The zero-order chi connectivity index (χ0) is 15.2. The first-order valence-corrected chi connectivity index (χ1v) is 6.39. The van der Waals surface area contributed by atoms with Crippen LogP contribution in [0.5, 0.6) is 5.75 Å². The molecule has 0 radical (unpaired) electrons. The van der Waals surface area contributed by atoms with E-state index in [1.54, 1.807) is 42.4 Å². The van der Waals surface area contributed by atoms with E-state index in [1.165, 1.54) is 7.11 Å². The van der Waals surface area contributed by atoms with Crippen LogP contribution in [-0.4, -0.2) is 36.5 Å². The average molecular weight is 290 g/mol. The fourth-order valence-electron chi connectivity index (χ4n) is 1.81. The quantitative estimate of drug-likeness (QED) is 0.784. The highest BCUT2D eigenvalue weighted by Crippen LogP contribution is 2.19. The minimum atomic E-state index is -0.271. The topological polar surface area (TPSA) is 91.4 Å². The predicted molar refractivity (Wildman–Crippen MR) is 79.5 cm³/mol. The summed E-state index contributed by atoms with van der Waals surface area (Å²) in [6.07, 6.45) is 3.32. The Hall–Kier alpha value is -2.54. The van der Waals surface area contributed by atoms with Gasteiger partial charge in [-0.2, -0.15) is 5.10 Å². The van der Waals surface area contributed by atoms with Gasteiger partial charge in [0.15, 0.2) is 0 Å². The van der Waals surface area contributed by atoms with E-state index >= 15 is 0 Å². The maximum Gasteiger partial charge on any atom is 0.255 e. The van der Waals surface area contributed by atoms with Crippen molar-refractivity contribution in [3.05, 3.63) is 36.2 Å². The Bertz CT molecular complexity index is 624. The van der Waals surface area contributed by atoms with Gasteiger partial charge in [-0.15, -0.1) is 0 Å². The second-order valence-electron chi connectivity index (χ2n) is 4.43. The molecule has 1 heterocycles. The summed E-state index contributed by atoms with van der Waals surface area (Å²) in [4.78, 5) is 12.2. The SMILES string of the molecule is COCCn1cc(NC(=O)c2cc(N)cc(OC)c2)cn1. The third kappa shape index (κ3) is 3.96.